The minimum Gasteiger partial charge on any atom is -0.496 e. The summed E-state index contributed by atoms with van der Waals surface area (Å²) in [5.74, 6) is 0.741. The third-order valence-electron chi connectivity index (χ3n) is 2.04. The first-order chi connectivity index (χ1) is 7.22. The second-order valence-corrected chi connectivity index (χ2v) is 2.98. The van der Waals surface area contributed by atoms with Crippen molar-refractivity contribution < 1.29 is 9.53 Å². The number of benzene rings is 1. The van der Waals surface area contributed by atoms with Gasteiger partial charge in [-0.05, 0) is 30.2 Å². The zero-order valence-corrected chi connectivity index (χ0v) is 8.52. The van der Waals surface area contributed by atoms with E-state index in [0.717, 1.165) is 11.3 Å². The van der Waals surface area contributed by atoms with Crippen LogP contribution in [-0.2, 0) is 4.79 Å². The van der Waals surface area contributed by atoms with E-state index in [9.17, 15) is 4.79 Å². The van der Waals surface area contributed by atoms with Crippen molar-refractivity contribution >= 4 is 6.08 Å². The van der Waals surface area contributed by atoms with Gasteiger partial charge >= 0.3 is 0 Å². The van der Waals surface area contributed by atoms with E-state index >= 15 is 0 Å². The van der Waals surface area contributed by atoms with Gasteiger partial charge in [0.15, 0.2) is 6.04 Å². The van der Waals surface area contributed by atoms with E-state index in [-0.39, 0.29) is 0 Å². The standard InChI is InChI=1S/C11H10N2O2/c1-8-5-9(3-4-11(8)15-2)10(6-12)13-7-14/h3-5,10H,1-2H3. The summed E-state index contributed by atoms with van der Waals surface area (Å²) in [6.45, 7) is 1.86. The maximum atomic E-state index is 10.1. The predicted octanol–water partition coefficient (Wildman–Crippen LogP) is 1.90. The molecule has 1 atom stereocenters. The average Bonchev–Trinajstić information content (AvgIpc) is 2.25. The first-order valence-corrected chi connectivity index (χ1v) is 4.34. The third kappa shape index (κ3) is 2.43. The van der Waals surface area contributed by atoms with Gasteiger partial charge in [0.05, 0.1) is 13.2 Å². The van der Waals surface area contributed by atoms with E-state index in [2.05, 4.69) is 4.99 Å². The summed E-state index contributed by atoms with van der Waals surface area (Å²) in [5.41, 5.74) is 1.57. The topological polar surface area (TPSA) is 62.4 Å². The maximum Gasteiger partial charge on any atom is 0.236 e. The third-order valence-corrected chi connectivity index (χ3v) is 2.04. The van der Waals surface area contributed by atoms with Crippen LogP contribution in [0, 0.1) is 18.3 Å². The van der Waals surface area contributed by atoms with Crippen molar-refractivity contribution in [2.45, 2.75) is 13.0 Å². The van der Waals surface area contributed by atoms with Gasteiger partial charge in [-0.2, -0.15) is 10.3 Å². The van der Waals surface area contributed by atoms with Gasteiger partial charge in [0.2, 0.25) is 6.08 Å². The largest absolute Gasteiger partial charge is 0.496 e. The van der Waals surface area contributed by atoms with Crippen LogP contribution in [0.5, 0.6) is 5.75 Å². The van der Waals surface area contributed by atoms with Crippen LogP contribution in [0.3, 0.4) is 0 Å². The molecule has 4 nitrogen and oxygen atoms in total. The Bertz CT molecular complexity index is 442. The number of nitrogens with zero attached hydrogens (tertiary/aromatic N) is 2. The van der Waals surface area contributed by atoms with Crippen molar-refractivity contribution in [3.05, 3.63) is 29.3 Å². The van der Waals surface area contributed by atoms with Gasteiger partial charge in [0.1, 0.15) is 5.75 Å². The lowest BCUT2D eigenvalue weighted by Crippen LogP contribution is -1.94. The highest BCUT2D eigenvalue weighted by atomic mass is 16.5. The Kier molecular flexibility index (Phi) is 3.61. The van der Waals surface area contributed by atoms with E-state index in [0.29, 0.717) is 5.56 Å². The molecular weight excluding hydrogens is 192 g/mol. The molecule has 0 saturated heterocycles. The number of aryl methyl sites for hydroxylation is 1. The smallest absolute Gasteiger partial charge is 0.236 e. The molecule has 0 fully saturated rings. The van der Waals surface area contributed by atoms with Crippen LogP contribution >= 0.6 is 0 Å². The van der Waals surface area contributed by atoms with Crippen LogP contribution in [-0.4, -0.2) is 13.2 Å². The van der Waals surface area contributed by atoms with Gasteiger partial charge in [-0.15, -0.1) is 0 Å². The first-order valence-electron chi connectivity index (χ1n) is 4.34. The molecule has 0 radical (unpaired) electrons. The Labute approximate surface area is 87.8 Å². The highest BCUT2D eigenvalue weighted by molar-refractivity contribution is 5.42. The van der Waals surface area contributed by atoms with Gasteiger partial charge in [0.25, 0.3) is 0 Å². The number of nitriles is 1. The molecule has 1 aromatic rings. The molecular formula is C11H10N2O2. The Balaban J connectivity index is 3.11. The van der Waals surface area contributed by atoms with Crippen molar-refractivity contribution in [2.75, 3.05) is 7.11 Å². The minimum absolute atomic E-state index is 0.666. The lowest BCUT2D eigenvalue weighted by atomic mass is 10.1. The van der Waals surface area contributed by atoms with Crippen molar-refractivity contribution in [3.8, 4) is 11.8 Å². The number of methoxy groups -OCH3 is 1. The molecule has 0 saturated carbocycles. The Morgan fingerprint density at radius 3 is 2.73 bits per heavy atom. The summed E-state index contributed by atoms with van der Waals surface area (Å²) >= 11 is 0. The summed E-state index contributed by atoms with van der Waals surface area (Å²) in [4.78, 5) is 13.5. The van der Waals surface area contributed by atoms with Crippen LogP contribution in [0.25, 0.3) is 0 Å². The fourth-order valence-corrected chi connectivity index (χ4v) is 1.30. The molecule has 0 aliphatic carbocycles. The molecule has 0 aliphatic heterocycles. The Hall–Kier alpha value is -2.11. The van der Waals surface area contributed by atoms with Crippen LogP contribution in [0.15, 0.2) is 23.2 Å². The molecule has 0 N–H and O–H groups in total. The number of hydrogen-bond donors (Lipinski definition) is 0. The lowest BCUT2D eigenvalue weighted by molar-refractivity contribution is 0.411. The summed E-state index contributed by atoms with van der Waals surface area (Å²) in [6, 6.07) is 6.35. The quantitative estimate of drug-likeness (QED) is 0.555. The SMILES string of the molecule is COc1ccc(C(C#N)N=C=O)cc1C. The van der Waals surface area contributed by atoms with Crippen molar-refractivity contribution in [1.29, 1.82) is 5.26 Å². The zero-order chi connectivity index (χ0) is 11.3. The molecule has 0 aromatic heterocycles. The Morgan fingerprint density at radius 1 is 1.53 bits per heavy atom. The minimum atomic E-state index is -0.785. The molecule has 15 heavy (non-hydrogen) atoms. The average molecular weight is 202 g/mol. The van der Waals surface area contributed by atoms with Gasteiger partial charge in [-0.25, -0.2) is 4.79 Å². The van der Waals surface area contributed by atoms with Crippen molar-refractivity contribution in [1.82, 2.24) is 0 Å². The van der Waals surface area contributed by atoms with E-state index < -0.39 is 6.04 Å². The van der Waals surface area contributed by atoms with Gasteiger partial charge in [-0.1, -0.05) is 6.07 Å². The van der Waals surface area contributed by atoms with E-state index in [1.54, 1.807) is 25.3 Å². The summed E-state index contributed by atoms with van der Waals surface area (Å²) < 4.78 is 5.08. The number of carbonyl (C=O) groups excluding carboxylic acids is 1. The second kappa shape index (κ2) is 4.94. The molecule has 0 aliphatic rings. The predicted molar refractivity (Wildman–Crippen MR) is 54.2 cm³/mol. The monoisotopic (exact) mass is 202 g/mol. The molecule has 0 amide bonds. The number of aliphatic imine (C=N–C) groups is 1. The summed E-state index contributed by atoms with van der Waals surface area (Å²) in [6.07, 6.45) is 1.39. The first kappa shape index (κ1) is 11.0. The summed E-state index contributed by atoms with van der Waals surface area (Å²) in [7, 11) is 1.58. The van der Waals surface area contributed by atoms with Gasteiger partial charge in [-0.3, -0.25) is 0 Å². The molecule has 1 aromatic carbocycles. The van der Waals surface area contributed by atoms with Crippen LogP contribution in [0.2, 0.25) is 0 Å². The fraction of sp³-hybridized carbons (Fsp3) is 0.273. The highest BCUT2D eigenvalue weighted by Gasteiger charge is 2.10. The van der Waals surface area contributed by atoms with Gasteiger partial charge in [0, 0.05) is 0 Å². The van der Waals surface area contributed by atoms with Crippen LogP contribution in [0.4, 0.5) is 0 Å². The summed E-state index contributed by atoms with van der Waals surface area (Å²) in [5, 5.41) is 8.77. The Morgan fingerprint density at radius 2 is 2.27 bits per heavy atom. The lowest BCUT2D eigenvalue weighted by Gasteiger charge is -2.07. The number of rotatable bonds is 3. The maximum absolute atomic E-state index is 10.1. The molecule has 1 rings (SSSR count). The number of ether oxygens (including phenoxy) is 1. The van der Waals surface area contributed by atoms with E-state index in [1.807, 2.05) is 13.0 Å². The van der Waals surface area contributed by atoms with E-state index in [1.165, 1.54) is 6.08 Å². The van der Waals surface area contributed by atoms with E-state index in [4.69, 9.17) is 10.00 Å². The highest BCUT2D eigenvalue weighted by Crippen LogP contribution is 2.23. The van der Waals surface area contributed by atoms with Crippen molar-refractivity contribution in [2.24, 2.45) is 4.99 Å². The zero-order valence-electron chi connectivity index (χ0n) is 8.52. The number of hydrogen-bond acceptors (Lipinski definition) is 4. The molecule has 4 heteroatoms. The molecule has 0 bridgehead atoms. The van der Waals surface area contributed by atoms with Gasteiger partial charge < -0.3 is 4.74 Å². The van der Waals surface area contributed by atoms with Crippen LogP contribution in [0.1, 0.15) is 17.2 Å². The number of isocyanates is 1. The molecule has 0 spiro atoms. The van der Waals surface area contributed by atoms with Crippen LogP contribution < -0.4 is 4.74 Å². The molecule has 0 heterocycles. The molecule has 1 unspecified atom stereocenters. The second-order valence-electron chi connectivity index (χ2n) is 2.98. The molecule has 76 valence electrons. The fourth-order valence-electron chi connectivity index (χ4n) is 1.30. The van der Waals surface area contributed by atoms with Crippen molar-refractivity contribution in [3.63, 3.8) is 0 Å². The normalized spacial score (nSPS) is 11.0.